The maximum absolute atomic E-state index is 13.2. The van der Waals surface area contributed by atoms with Crippen LogP contribution in [-0.2, 0) is 24.3 Å². The van der Waals surface area contributed by atoms with E-state index < -0.39 is 34.0 Å². The fourth-order valence-electron chi connectivity index (χ4n) is 4.95. The minimum absolute atomic E-state index is 0.0776. The molecule has 0 unspecified atom stereocenters. The summed E-state index contributed by atoms with van der Waals surface area (Å²) in [5, 5.41) is 5.50. The zero-order valence-electron chi connectivity index (χ0n) is 18.9. The smallest absolute Gasteiger partial charge is 0.325 e. The first-order valence-electron chi connectivity index (χ1n) is 11.5. The highest BCUT2D eigenvalue weighted by Crippen LogP contribution is 2.54. The molecule has 2 heterocycles. The van der Waals surface area contributed by atoms with Gasteiger partial charge < -0.3 is 20.1 Å². The van der Waals surface area contributed by atoms with Gasteiger partial charge in [0.05, 0.1) is 20.3 Å². The summed E-state index contributed by atoms with van der Waals surface area (Å²) < 4.78 is 38.1. The van der Waals surface area contributed by atoms with Crippen LogP contribution in [0, 0.1) is 11.8 Å². The molecule has 2 saturated heterocycles. The molecule has 11 nitrogen and oxygen atoms in total. The van der Waals surface area contributed by atoms with E-state index in [1.165, 1.54) is 29.6 Å². The van der Waals surface area contributed by atoms with Gasteiger partial charge in [0.1, 0.15) is 22.7 Å². The van der Waals surface area contributed by atoms with Crippen molar-refractivity contribution in [1.29, 1.82) is 0 Å². The van der Waals surface area contributed by atoms with Crippen LogP contribution < -0.4 is 15.4 Å². The molecule has 0 spiro atoms. The number of sulfonamides is 1. The van der Waals surface area contributed by atoms with Crippen LogP contribution in [0.5, 0.6) is 5.75 Å². The van der Waals surface area contributed by atoms with Crippen LogP contribution in [0.3, 0.4) is 0 Å². The number of anilines is 1. The van der Waals surface area contributed by atoms with Crippen molar-refractivity contribution in [3.05, 3.63) is 18.2 Å². The Morgan fingerprint density at radius 1 is 1.18 bits per heavy atom. The molecule has 2 aliphatic carbocycles. The summed E-state index contributed by atoms with van der Waals surface area (Å²) >= 11 is 0. The maximum Gasteiger partial charge on any atom is 0.325 e. The molecule has 12 heteroatoms. The predicted octanol–water partition coefficient (Wildman–Crippen LogP) is 0.765. The molecule has 1 aromatic rings. The van der Waals surface area contributed by atoms with Gasteiger partial charge in [0.25, 0.3) is 5.91 Å². The van der Waals surface area contributed by atoms with Gasteiger partial charge in [-0.3, -0.25) is 14.5 Å². The third-order valence-electron chi connectivity index (χ3n) is 6.94. The molecule has 1 aromatic carbocycles. The van der Waals surface area contributed by atoms with Crippen molar-refractivity contribution >= 4 is 33.6 Å². The van der Waals surface area contributed by atoms with Gasteiger partial charge in [0.2, 0.25) is 15.9 Å². The molecule has 184 valence electrons. The number of benzene rings is 1. The molecular formula is C22H28N4O7S. The van der Waals surface area contributed by atoms with Crippen molar-refractivity contribution in [3.63, 3.8) is 0 Å². The normalized spacial score (nSPS) is 23.0. The summed E-state index contributed by atoms with van der Waals surface area (Å²) in [5.74, 6) is -0.496. The summed E-state index contributed by atoms with van der Waals surface area (Å²) in [6, 6.07) is 3.75. The molecule has 0 bridgehead atoms. The molecule has 2 aliphatic heterocycles. The SMILES string of the molecule is COc1ccc(NC(=O)CN2C(=O)NC(C3CC3)(C3CC3)C2=O)cc1S(=O)(=O)N1CCOCC1. The van der Waals surface area contributed by atoms with Crippen molar-refractivity contribution in [2.24, 2.45) is 11.8 Å². The van der Waals surface area contributed by atoms with Gasteiger partial charge in [-0.05, 0) is 55.7 Å². The first-order valence-corrected chi connectivity index (χ1v) is 12.9. The third-order valence-corrected chi connectivity index (χ3v) is 8.86. The standard InChI is InChI=1S/C22H28N4O7S/c1-32-17-7-6-16(12-18(17)34(30,31)25-8-10-33-11-9-25)23-19(27)13-26-20(28)22(14-2-3-14,15-4-5-15)24-21(26)29/h6-7,12,14-15H,2-5,8-11,13H2,1H3,(H,23,27)(H,24,29). The van der Waals surface area contributed by atoms with E-state index in [0.29, 0.717) is 13.2 Å². The Balaban J connectivity index is 1.32. The lowest BCUT2D eigenvalue weighted by molar-refractivity contribution is -0.135. The second kappa shape index (κ2) is 8.51. The fourth-order valence-corrected chi connectivity index (χ4v) is 6.54. The largest absolute Gasteiger partial charge is 0.495 e. The van der Waals surface area contributed by atoms with Crippen molar-refractivity contribution < 1.29 is 32.3 Å². The molecule has 4 fully saturated rings. The molecule has 4 aliphatic rings. The highest BCUT2D eigenvalue weighted by Gasteiger charge is 2.65. The van der Waals surface area contributed by atoms with Crippen LogP contribution in [0.15, 0.2) is 23.1 Å². The minimum Gasteiger partial charge on any atom is -0.495 e. The first kappa shape index (κ1) is 23.1. The highest BCUT2D eigenvalue weighted by atomic mass is 32.2. The maximum atomic E-state index is 13.2. The average Bonchev–Trinajstić information content (AvgIpc) is 3.75. The van der Waals surface area contributed by atoms with E-state index in [2.05, 4.69) is 10.6 Å². The Bertz CT molecular complexity index is 1110. The van der Waals surface area contributed by atoms with Gasteiger partial charge >= 0.3 is 6.03 Å². The number of imide groups is 1. The second-order valence-corrected chi connectivity index (χ2v) is 11.1. The zero-order chi connectivity index (χ0) is 24.1. The van der Waals surface area contributed by atoms with E-state index in [9.17, 15) is 22.8 Å². The van der Waals surface area contributed by atoms with Crippen LogP contribution in [0.4, 0.5) is 10.5 Å². The Kier molecular flexibility index (Phi) is 5.77. The van der Waals surface area contributed by atoms with E-state index in [-0.39, 0.29) is 47.2 Å². The Labute approximate surface area is 197 Å². The number of carbonyl (C=O) groups is 3. The molecule has 2 N–H and O–H groups in total. The molecule has 4 amide bonds. The van der Waals surface area contributed by atoms with E-state index in [0.717, 1.165) is 30.6 Å². The molecule has 0 aromatic heterocycles. The quantitative estimate of drug-likeness (QED) is 0.512. The lowest BCUT2D eigenvalue weighted by Crippen LogP contribution is -2.51. The van der Waals surface area contributed by atoms with Crippen LogP contribution >= 0.6 is 0 Å². The third kappa shape index (κ3) is 3.93. The average molecular weight is 493 g/mol. The Hall–Kier alpha value is -2.70. The van der Waals surface area contributed by atoms with E-state index in [4.69, 9.17) is 9.47 Å². The number of carbonyl (C=O) groups excluding carboxylic acids is 3. The highest BCUT2D eigenvalue weighted by molar-refractivity contribution is 7.89. The molecule has 2 saturated carbocycles. The summed E-state index contributed by atoms with van der Waals surface area (Å²) in [5.41, 5.74) is -0.642. The summed E-state index contributed by atoms with van der Waals surface area (Å²) in [6.07, 6.45) is 3.59. The minimum atomic E-state index is -3.88. The number of hydrogen-bond acceptors (Lipinski definition) is 7. The second-order valence-electron chi connectivity index (χ2n) is 9.17. The van der Waals surface area contributed by atoms with Crippen LogP contribution in [0.25, 0.3) is 0 Å². The van der Waals surface area contributed by atoms with E-state index in [1.807, 2.05) is 0 Å². The summed E-state index contributed by atoms with van der Waals surface area (Å²) in [4.78, 5) is 39.4. The zero-order valence-corrected chi connectivity index (χ0v) is 19.7. The van der Waals surface area contributed by atoms with E-state index >= 15 is 0 Å². The topological polar surface area (TPSA) is 134 Å². The van der Waals surface area contributed by atoms with Gasteiger partial charge in [-0.2, -0.15) is 4.31 Å². The number of urea groups is 1. The fraction of sp³-hybridized carbons (Fsp3) is 0.591. The predicted molar refractivity (Wildman–Crippen MR) is 120 cm³/mol. The number of amides is 4. The number of ether oxygens (including phenoxy) is 2. The first-order chi connectivity index (χ1) is 16.3. The van der Waals surface area contributed by atoms with Gasteiger partial charge in [-0.25, -0.2) is 13.2 Å². The lowest BCUT2D eigenvalue weighted by Gasteiger charge is -2.27. The molecule has 0 atom stereocenters. The Morgan fingerprint density at radius 3 is 2.41 bits per heavy atom. The van der Waals surface area contributed by atoms with E-state index in [1.54, 1.807) is 0 Å². The van der Waals surface area contributed by atoms with Gasteiger partial charge in [-0.1, -0.05) is 0 Å². The monoisotopic (exact) mass is 492 g/mol. The molecule has 0 radical (unpaired) electrons. The summed E-state index contributed by atoms with van der Waals surface area (Å²) in [7, 11) is -2.50. The van der Waals surface area contributed by atoms with Crippen LogP contribution in [0.2, 0.25) is 0 Å². The summed E-state index contributed by atoms with van der Waals surface area (Å²) in [6.45, 7) is 0.597. The number of methoxy groups -OCH3 is 1. The van der Waals surface area contributed by atoms with Gasteiger partial charge in [0, 0.05) is 18.8 Å². The van der Waals surface area contributed by atoms with Crippen LogP contribution in [-0.4, -0.2) is 81.0 Å². The van der Waals surface area contributed by atoms with Gasteiger partial charge in [0.15, 0.2) is 0 Å². The molecule has 34 heavy (non-hydrogen) atoms. The van der Waals surface area contributed by atoms with Crippen molar-refractivity contribution in [2.45, 2.75) is 36.1 Å². The van der Waals surface area contributed by atoms with Crippen LogP contribution in [0.1, 0.15) is 25.7 Å². The number of nitrogens with zero attached hydrogens (tertiary/aromatic N) is 2. The Morgan fingerprint density at radius 2 is 1.82 bits per heavy atom. The van der Waals surface area contributed by atoms with Gasteiger partial charge in [-0.15, -0.1) is 0 Å². The number of nitrogens with one attached hydrogen (secondary N) is 2. The number of rotatable bonds is 8. The number of hydrogen-bond donors (Lipinski definition) is 2. The molecule has 5 rings (SSSR count). The number of morpholine rings is 1. The van der Waals surface area contributed by atoms with Crippen molar-refractivity contribution in [2.75, 3.05) is 45.3 Å². The lowest BCUT2D eigenvalue weighted by atomic mass is 9.87. The van der Waals surface area contributed by atoms with Crippen molar-refractivity contribution in [1.82, 2.24) is 14.5 Å². The van der Waals surface area contributed by atoms with Crippen molar-refractivity contribution in [3.8, 4) is 5.75 Å². The molecular weight excluding hydrogens is 464 g/mol.